The molecule has 0 saturated carbocycles. The second-order valence-corrected chi connectivity index (χ2v) is 3.85. The van der Waals surface area contributed by atoms with E-state index in [1.54, 1.807) is 6.07 Å². The molecule has 0 aliphatic rings. The number of nitro benzene ring substituents is 1. The molecule has 0 radical (unpaired) electrons. The zero-order valence-electron chi connectivity index (χ0n) is 10.6. The van der Waals surface area contributed by atoms with Gasteiger partial charge in [-0.3, -0.25) is 10.1 Å². The normalized spacial score (nSPS) is 10.4. The van der Waals surface area contributed by atoms with Crippen LogP contribution in [0.25, 0.3) is 0 Å². The van der Waals surface area contributed by atoms with E-state index in [2.05, 4.69) is 0 Å². The number of benzene rings is 1. The molecule has 0 amide bonds. The molecule has 0 fully saturated rings. The van der Waals surface area contributed by atoms with Crippen molar-refractivity contribution in [3.63, 3.8) is 0 Å². The minimum absolute atomic E-state index is 0.0130. The summed E-state index contributed by atoms with van der Waals surface area (Å²) in [4.78, 5) is 12.1. The van der Waals surface area contributed by atoms with Crippen molar-refractivity contribution in [1.82, 2.24) is 0 Å². The molecule has 0 spiro atoms. The molecular weight excluding hydrogens is 236 g/mol. The van der Waals surface area contributed by atoms with Gasteiger partial charge in [0.1, 0.15) is 0 Å². The van der Waals surface area contributed by atoms with Crippen molar-refractivity contribution in [1.29, 1.82) is 0 Å². The predicted molar refractivity (Wildman–Crippen MR) is 68.8 cm³/mol. The summed E-state index contributed by atoms with van der Waals surface area (Å²) in [5.74, 6) is 0. The smallest absolute Gasteiger partial charge is 0.269 e. The highest BCUT2D eigenvalue weighted by Crippen LogP contribution is 2.24. The van der Waals surface area contributed by atoms with E-state index < -0.39 is 4.92 Å². The summed E-state index contributed by atoms with van der Waals surface area (Å²) in [5, 5.41) is 19.9. The van der Waals surface area contributed by atoms with E-state index in [9.17, 15) is 15.2 Å². The third kappa shape index (κ3) is 3.68. The zero-order valence-corrected chi connectivity index (χ0v) is 10.6. The number of nitro groups is 1. The van der Waals surface area contributed by atoms with E-state index in [-0.39, 0.29) is 12.3 Å². The maximum Gasteiger partial charge on any atom is 0.269 e. The van der Waals surface area contributed by atoms with Crippen molar-refractivity contribution in [2.75, 3.05) is 31.7 Å². The number of aliphatic hydroxyl groups is 1. The zero-order chi connectivity index (χ0) is 13.5. The van der Waals surface area contributed by atoms with Crippen molar-refractivity contribution < 1.29 is 14.8 Å². The maximum absolute atomic E-state index is 10.7. The van der Waals surface area contributed by atoms with E-state index in [1.165, 1.54) is 12.1 Å². The first-order valence-corrected chi connectivity index (χ1v) is 5.77. The number of likely N-dealkylation sites (N-methyl/N-ethyl adjacent to an activating group) is 1. The summed E-state index contributed by atoms with van der Waals surface area (Å²) in [5.41, 5.74) is 1.31. The van der Waals surface area contributed by atoms with Crippen molar-refractivity contribution in [2.24, 2.45) is 0 Å². The lowest BCUT2D eigenvalue weighted by atomic mass is 10.1. The van der Waals surface area contributed by atoms with E-state index in [4.69, 9.17) is 4.74 Å². The van der Waals surface area contributed by atoms with Crippen molar-refractivity contribution in [3.05, 3.63) is 33.9 Å². The molecule has 1 aromatic rings. The summed E-state index contributed by atoms with van der Waals surface area (Å²) in [6.45, 7) is 3.59. The van der Waals surface area contributed by atoms with Crippen LogP contribution >= 0.6 is 0 Å². The molecule has 0 heterocycles. The lowest BCUT2D eigenvalue weighted by Crippen LogP contribution is -2.23. The van der Waals surface area contributed by atoms with Gasteiger partial charge in [-0.2, -0.15) is 0 Å². The van der Waals surface area contributed by atoms with Gasteiger partial charge < -0.3 is 14.7 Å². The van der Waals surface area contributed by atoms with Gasteiger partial charge in [0.05, 0.1) is 18.1 Å². The first kappa shape index (κ1) is 14.4. The predicted octanol–water partition coefficient (Wildman–Crippen LogP) is 1.56. The Morgan fingerprint density at radius 1 is 1.50 bits per heavy atom. The van der Waals surface area contributed by atoms with Gasteiger partial charge in [-0.05, 0) is 13.0 Å². The molecule has 6 nitrogen and oxygen atoms in total. The fourth-order valence-electron chi connectivity index (χ4n) is 1.65. The van der Waals surface area contributed by atoms with Crippen LogP contribution in [0, 0.1) is 10.1 Å². The van der Waals surface area contributed by atoms with Crippen LogP contribution in [0.3, 0.4) is 0 Å². The quantitative estimate of drug-likeness (QED) is 0.454. The van der Waals surface area contributed by atoms with E-state index in [0.29, 0.717) is 25.3 Å². The van der Waals surface area contributed by atoms with Gasteiger partial charge in [-0.1, -0.05) is 0 Å². The highest BCUT2D eigenvalue weighted by molar-refractivity contribution is 5.57. The van der Waals surface area contributed by atoms with Crippen LogP contribution in [0.2, 0.25) is 0 Å². The standard InChI is InChI=1S/C12H18N2O4/c1-3-18-7-6-13(2)12-5-4-11(14(16)17)8-10(12)9-15/h4-5,8,15H,3,6-7,9H2,1-2H3. The van der Waals surface area contributed by atoms with Crippen LogP contribution in [0.1, 0.15) is 12.5 Å². The Morgan fingerprint density at radius 2 is 2.22 bits per heavy atom. The fourth-order valence-corrected chi connectivity index (χ4v) is 1.65. The average molecular weight is 254 g/mol. The van der Waals surface area contributed by atoms with E-state index >= 15 is 0 Å². The lowest BCUT2D eigenvalue weighted by Gasteiger charge is -2.21. The largest absolute Gasteiger partial charge is 0.392 e. The van der Waals surface area contributed by atoms with Gasteiger partial charge in [0.25, 0.3) is 5.69 Å². The monoisotopic (exact) mass is 254 g/mol. The van der Waals surface area contributed by atoms with Crippen LogP contribution < -0.4 is 4.90 Å². The average Bonchev–Trinajstić information content (AvgIpc) is 2.38. The summed E-state index contributed by atoms with van der Waals surface area (Å²) in [7, 11) is 1.86. The number of aliphatic hydroxyl groups excluding tert-OH is 1. The maximum atomic E-state index is 10.7. The fraction of sp³-hybridized carbons (Fsp3) is 0.500. The van der Waals surface area contributed by atoms with Gasteiger partial charge in [0.2, 0.25) is 0 Å². The number of nitrogens with zero attached hydrogens (tertiary/aromatic N) is 2. The molecule has 1 aromatic carbocycles. The molecule has 0 aliphatic carbocycles. The van der Waals surface area contributed by atoms with Crippen molar-refractivity contribution >= 4 is 11.4 Å². The molecule has 0 aromatic heterocycles. The first-order valence-electron chi connectivity index (χ1n) is 5.77. The Kier molecular flexibility index (Phi) is 5.54. The highest BCUT2D eigenvalue weighted by atomic mass is 16.6. The summed E-state index contributed by atoms with van der Waals surface area (Å²) in [6.07, 6.45) is 0. The van der Waals surface area contributed by atoms with E-state index in [0.717, 1.165) is 5.69 Å². The molecule has 0 bridgehead atoms. The number of ether oxygens (including phenoxy) is 1. The van der Waals surface area contributed by atoms with Gasteiger partial charge in [0.15, 0.2) is 0 Å². The number of hydrogen-bond donors (Lipinski definition) is 1. The number of hydrogen-bond acceptors (Lipinski definition) is 5. The molecule has 0 aliphatic heterocycles. The lowest BCUT2D eigenvalue weighted by molar-refractivity contribution is -0.384. The highest BCUT2D eigenvalue weighted by Gasteiger charge is 2.12. The van der Waals surface area contributed by atoms with Gasteiger partial charge >= 0.3 is 0 Å². The molecular formula is C12H18N2O4. The Bertz CT molecular complexity index is 409. The molecule has 1 rings (SSSR count). The van der Waals surface area contributed by atoms with Gasteiger partial charge in [-0.15, -0.1) is 0 Å². The third-order valence-corrected chi connectivity index (χ3v) is 2.63. The van der Waals surface area contributed by atoms with Crippen LogP contribution in [-0.2, 0) is 11.3 Å². The minimum Gasteiger partial charge on any atom is -0.392 e. The summed E-state index contributed by atoms with van der Waals surface area (Å²) in [6, 6.07) is 4.48. The second-order valence-electron chi connectivity index (χ2n) is 3.85. The van der Waals surface area contributed by atoms with Crippen LogP contribution in [0.15, 0.2) is 18.2 Å². The molecule has 100 valence electrons. The second kappa shape index (κ2) is 6.93. The molecule has 1 N–H and O–H groups in total. The Balaban J connectivity index is 2.84. The number of anilines is 1. The van der Waals surface area contributed by atoms with Crippen molar-refractivity contribution in [3.8, 4) is 0 Å². The molecule has 0 atom stereocenters. The Hall–Kier alpha value is -1.66. The number of rotatable bonds is 7. The Labute approximate surface area is 106 Å². The molecule has 18 heavy (non-hydrogen) atoms. The van der Waals surface area contributed by atoms with Gasteiger partial charge in [-0.25, -0.2) is 0 Å². The molecule has 6 heteroatoms. The molecule has 0 saturated heterocycles. The van der Waals surface area contributed by atoms with Crippen LogP contribution in [-0.4, -0.2) is 36.8 Å². The Morgan fingerprint density at radius 3 is 2.78 bits per heavy atom. The van der Waals surface area contributed by atoms with Crippen LogP contribution in [0.5, 0.6) is 0 Å². The summed E-state index contributed by atoms with van der Waals surface area (Å²) >= 11 is 0. The topological polar surface area (TPSA) is 75.8 Å². The number of non-ortho nitro benzene ring substituents is 1. The van der Waals surface area contributed by atoms with E-state index in [1.807, 2.05) is 18.9 Å². The van der Waals surface area contributed by atoms with Crippen LogP contribution in [0.4, 0.5) is 11.4 Å². The molecule has 0 unspecified atom stereocenters. The third-order valence-electron chi connectivity index (χ3n) is 2.63. The summed E-state index contributed by atoms with van der Waals surface area (Å²) < 4.78 is 5.25. The van der Waals surface area contributed by atoms with Gasteiger partial charge in [0, 0.05) is 43.6 Å². The minimum atomic E-state index is -0.469. The van der Waals surface area contributed by atoms with Crippen molar-refractivity contribution in [2.45, 2.75) is 13.5 Å². The SMILES string of the molecule is CCOCCN(C)c1ccc([N+](=O)[O-])cc1CO. The first-order chi connectivity index (χ1) is 8.60.